The van der Waals surface area contributed by atoms with Crippen LogP contribution in [0, 0.1) is 6.92 Å². The molecule has 1 aliphatic heterocycles. The van der Waals surface area contributed by atoms with E-state index in [4.69, 9.17) is 0 Å². The first-order valence-corrected chi connectivity index (χ1v) is 7.64. The third-order valence-corrected chi connectivity index (χ3v) is 3.65. The van der Waals surface area contributed by atoms with Crippen molar-refractivity contribution in [1.29, 1.82) is 0 Å². The maximum atomic E-state index is 12.5. The molecule has 118 valence electrons. The zero-order valence-electron chi connectivity index (χ0n) is 13.8. The summed E-state index contributed by atoms with van der Waals surface area (Å²) in [5.41, 5.74) is 2.24. The SMILES string of the molecule is Cc1ccccc1C(=O)N1CC=C(C(=O)NC(C)(C)C)CC1. The quantitative estimate of drug-likeness (QED) is 0.913. The van der Waals surface area contributed by atoms with Crippen molar-refractivity contribution < 1.29 is 9.59 Å². The van der Waals surface area contributed by atoms with Crippen molar-refractivity contribution in [2.75, 3.05) is 13.1 Å². The average molecular weight is 300 g/mol. The van der Waals surface area contributed by atoms with E-state index in [2.05, 4.69) is 5.32 Å². The van der Waals surface area contributed by atoms with Gasteiger partial charge in [-0.25, -0.2) is 0 Å². The standard InChI is InChI=1S/C18H24N2O2/c1-13-7-5-6-8-15(13)17(22)20-11-9-14(10-12-20)16(21)19-18(2,3)4/h5-9H,10-12H2,1-4H3,(H,19,21). The lowest BCUT2D eigenvalue weighted by molar-refractivity contribution is -0.119. The minimum atomic E-state index is -0.244. The molecule has 4 heteroatoms. The zero-order valence-corrected chi connectivity index (χ0v) is 13.8. The van der Waals surface area contributed by atoms with E-state index < -0.39 is 0 Å². The molecule has 0 radical (unpaired) electrons. The fraction of sp³-hybridized carbons (Fsp3) is 0.444. The molecule has 0 unspecified atom stereocenters. The lowest BCUT2D eigenvalue weighted by Crippen LogP contribution is -2.43. The number of rotatable bonds is 2. The summed E-state index contributed by atoms with van der Waals surface area (Å²) in [4.78, 5) is 26.4. The average Bonchev–Trinajstić information content (AvgIpc) is 2.45. The number of benzene rings is 1. The van der Waals surface area contributed by atoms with Gasteiger partial charge in [-0.05, 0) is 45.7 Å². The molecular formula is C18H24N2O2. The maximum Gasteiger partial charge on any atom is 0.254 e. The van der Waals surface area contributed by atoms with Crippen molar-refractivity contribution >= 4 is 11.8 Å². The van der Waals surface area contributed by atoms with E-state index in [0.717, 1.165) is 16.7 Å². The summed E-state index contributed by atoms with van der Waals surface area (Å²) in [6.45, 7) is 8.89. The Morgan fingerprint density at radius 1 is 1.18 bits per heavy atom. The molecule has 0 saturated heterocycles. The number of hydrogen-bond donors (Lipinski definition) is 1. The lowest BCUT2D eigenvalue weighted by Gasteiger charge is -2.28. The number of nitrogens with zero attached hydrogens (tertiary/aromatic N) is 1. The van der Waals surface area contributed by atoms with Crippen LogP contribution in [0.2, 0.25) is 0 Å². The smallest absolute Gasteiger partial charge is 0.254 e. The topological polar surface area (TPSA) is 49.4 Å². The molecule has 4 nitrogen and oxygen atoms in total. The lowest BCUT2D eigenvalue weighted by atomic mass is 10.0. The Morgan fingerprint density at radius 3 is 2.41 bits per heavy atom. The van der Waals surface area contributed by atoms with E-state index in [9.17, 15) is 9.59 Å². The summed E-state index contributed by atoms with van der Waals surface area (Å²) >= 11 is 0. The van der Waals surface area contributed by atoms with Crippen LogP contribution in [0.15, 0.2) is 35.9 Å². The van der Waals surface area contributed by atoms with Crippen molar-refractivity contribution in [3.05, 3.63) is 47.0 Å². The first-order valence-electron chi connectivity index (χ1n) is 7.64. The highest BCUT2D eigenvalue weighted by molar-refractivity contribution is 5.97. The van der Waals surface area contributed by atoms with Crippen LogP contribution in [-0.4, -0.2) is 35.3 Å². The Bertz CT molecular complexity index is 612. The molecule has 22 heavy (non-hydrogen) atoms. The van der Waals surface area contributed by atoms with Gasteiger partial charge in [0.15, 0.2) is 0 Å². The van der Waals surface area contributed by atoms with Crippen molar-refractivity contribution in [2.24, 2.45) is 0 Å². The van der Waals surface area contributed by atoms with Crippen LogP contribution in [0.3, 0.4) is 0 Å². The highest BCUT2D eigenvalue weighted by atomic mass is 16.2. The van der Waals surface area contributed by atoms with Crippen molar-refractivity contribution in [2.45, 2.75) is 39.7 Å². The second kappa shape index (κ2) is 6.34. The number of nitrogens with one attached hydrogen (secondary N) is 1. The normalized spacial score (nSPS) is 15.3. The van der Waals surface area contributed by atoms with Crippen LogP contribution in [0.4, 0.5) is 0 Å². The predicted octanol–water partition coefficient (Wildman–Crippen LogP) is 2.68. The fourth-order valence-corrected chi connectivity index (χ4v) is 2.46. The highest BCUT2D eigenvalue weighted by Crippen LogP contribution is 2.17. The van der Waals surface area contributed by atoms with Gasteiger partial charge in [0.05, 0.1) is 0 Å². The first kappa shape index (κ1) is 16.3. The van der Waals surface area contributed by atoms with Crippen molar-refractivity contribution in [1.82, 2.24) is 10.2 Å². The second-order valence-electron chi connectivity index (χ2n) is 6.75. The molecule has 1 aliphatic rings. The Labute approximate surface area is 132 Å². The predicted molar refractivity (Wildman–Crippen MR) is 87.7 cm³/mol. The van der Waals surface area contributed by atoms with E-state index in [1.165, 1.54) is 0 Å². The summed E-state index contributed by atoms with van der Waals surface area (Å²) in [7, 11) is 0. The summed E-state index contributed by atoms with van der Waals surface area (Å²) in [5, 5.41) is 2.96. The molecule has 1 N–H and O–H groups in total. The van der Waals surface area contributed by atoms with E-state index in [-0.39, 0.29) is 17.4 Å². The van der Waals surface area contributed by atoms with E-state index in [1.54, 1.807) is 4.90 Å². The van der Waals surface area contributed by atoms with E-state index in [1.807, 2.05) is 58.0 Å². The van der Waals surface area contributed by atoms with Crippen LogP contribution < -0.4 is 5.32 Å². The van der Waals surface area contributed by atoms with Crippen LogP contribution in [0.25, 0.3) is 0 Å². The second-order valence-corrected chi connectivity index (χ2v) is 6.75. The zero-order chi connectivity index (χ0) is 16.3. The van der Waals surface area contributed by atoms with Gasteiger partial charge in [0, 0.05) is 29.8 Å². The Hall–Kier alpha value is -2.10. The van der Waals surface area contributed by atoms with Gasteiger partial charge in [-0.1, -0.05) is 24.3 Å². The number of amides is 2. The number of carbonyl (C=O) groups excluding carboxylic acids is 2. The largest absolute Gasteiger partial charge is 0.348 e. The van der Waals surface area contributed by atoms with Gasteiger partial charge in [-0.3, -0.25) is 9.59 Å². The van der Waals surface area contributed by atoms with Crippen molar-refractivity contribution in [3.63, 3.8) is 0 Å². The summed E-state index contributed by atoms with van der Waals surface area (Å²) < 4.78 is 0. The molecule has 1 heterocycles. The summed E-state index contributed by atoms with van der Waals surface area (Å²) in [5.74, 6) is 0.000111. The highest BCUT2D eigenvalue weighted by Gasteiger charge is 2.24. The third-order valence-electron chi connectivity index (χ3n) is 3.65. The van der Waals surface area contributed by atoms with Crippen LogP contribution in [0.5, 0.6) is 0 Å². The summed E-state index contributed by atoms with van der Waals surface area (Å²) in [6, 6.07) is 7.60. The molecule has 1 aromatic rings. The van der Waals surface area contributed by atoms with Gasteiger partial charge in [0.25, 0.3) is 5.91 Å². The van der Waals surface area contributed by atoms with Gasteiger partial charge < -0.3 is 10.2 Å². The van der Waals surface area contributed by atoms with Gasteiger partial charge >= 0.3 is 0 Å². The third kappa shape index (κ3) is 3.97. The van der Waals surface area contributed by atoms with Crippen molar-refractivity contribution in [3.8, 4) is 0 Å². The minimum absolute atomic E-state index is 0.0320. The molecule has 0 fully saturated rings. The molecule has 0 atom stereocenters. The minimum Gasteiger partial charge on any atom is -0.348 e. The fourth-order valence-electron chi connectivity index (χ4n) is 2.46. The molecule has 2 amide bonds. The number of hydrogen-bond acceptors (Lipinski definition) is 2. The van der Waals surface area contributed by atoms with Gasteiger partial charge in [0.1, 0.15) is 0 Å². The first-order chi connectivity index (χ1) is 10.3. The molecule has 0 spiro atoms. The Balaban J connectivity index is 2.04. The molecule has 2 rings (SSSR count). The van der Waals surface area contributed by atoms with Crippen LogP contribution >= 0.6 is 0 Å². The van der Waals surface area contributed by atoms with Gasteiger partial charge in [-0.15, -0.1) is 0 Å². The monoisotopic (exact) mass is 300 g/mol. The van der Waals surface area contributed by atoms with E-state index in [0.29, 0.717) is 19.5 Å². The molecule has 0 aliphatic carbocycles. The molecule has 0 saturated carbocycles. The summed E-state index contributed by atoms with van der Waals surface area (Å²) in [6.07, 6.45) is 2.46. The van der Waals surface area contributed by atoms with Gasteiger partial charge in [0.2, 0.25) is 5.91 Å². The maximum absolute atomic E-state index is 12.5. The Morgan fingerprint density at radius 2 is 1.86 bits per heavy atom. The van der Waals surface area contributed by atoms with Crippen LogP contribution in [0.1, 0.15) is 43.1 Å². The molecule has 1 aromatic carbocycles. The van der Waals surface area contributed by atoms with E-state index >= 15 is 0 Å². The Kier molecular flexibility index (Phi) is 4.69. The van der Waals surface area contributed by atoms with Gasteiger partial charge in [-0.2, -0.15) is 0 Å². The molecular weight excluding hydrogens is 276 g/mol. The van der Waals surface area contributed by atoms with Crippen LogP contribution in [-0.2, 0) is 4.79 Å². The molecule has 0 bridgehead atoms. The number of carbonyl (C=O) groups is 2. The molecule has 0 aromatic heterocycles. The number of aryl methyl sites for hydroxylation is 1.